The summed E-state index contributed by atoms with van der Waals surface area (Å²) in [4.78, 5) is 23.8. The van der Waals surface area contributed by atoms with Gasteiger partial charge in [0.15, 0.2) is 0 Å². The van der Waals surface area contributed by atoms with Crippen LogP contribution in [0.5, 0.6) is 0 Å². The molecule has 2 unspecified atom stereocenters. The van der Waals surface area contributed by atoms with Crippen LogP contribution in [0.25, 0.3) is 0 Å². The van der Waals surface area contributed by atoms with Crippen LogP contribution in [-0.2, 0) is 9.59 Å². The molecule has 2 rings (SSSR count). The summed E-state index contributed by atoms with van der Waals surface area (Å²) in [6.45, 7) is 3.96. The van der Waals surface area contributed by atoms with E-state index in [0.717, 1.165) is 19.3 Å². The van der Waals surface area contributed by atoms with Crippen molar-refractivity contribution in [3.8, 4) is 0 Å². The van der Waals surface area contributed by atoms with Gasteiger partial charge in [0, 0.05) is 17.3 Å². The van der Waals surface area contributed by atoms with Gasteiger partial charge in [0.05, 0.1) is 6.04 Å². The smallest absolute Gasteiger partial charge is 0.241 e. The van der Waals surface area contributed by atoms with E-state index in [0.29, 0.717) is 11.4 Å². The molecule has 122 valence electrons. The van der Waals surface area contributed by atoms with Gasteiger partial charge in [0.25, 0.3) is 0 Å². The fourth-order valence-corrected chi connectivity index (χ4v) is 2.00. The van der Waals surface area contributed by atoms with E-state index in [9.17, 15) is 9.59 Å². The topological polar surface area (TPSA) is 84.2 Å². The molecule has 6 heteroatoms. The molecule has 4 N–H and O–H groups in total. The van der Waals surface area contributed by atoms with Gasteiger partial charge in [-0.05, 0) is 37.0 Å². The number of hydrogen-bond acceptors (Lipinski definition) is 3. The number of carbonyl (C=O) groups excluding carboxylic acids is 2. The Morgan fingerprint density at radius 1 is 1.27 bits per heavy atom. The van der Waals surface area contributed by atoms with E-state index in [2.05, 4.69) is 10.6 Å². The van der Waals surface area contributed by atoms with Gasteiger partial charge < -0.3 is 16.4 Å². The molecule has 0 spiro atoms. The molecule has 1 aromatic rings. The number of nitrogens with two attached hydrogens (primary N) is 1. The first-order valence-corrected chi connectivity index (χ1v) is 7.48. The van der Waals surface area contributed by atoms with Crippen LogP contribution in [0, 0.1) is 11.8 Å². The Balaban J connectivity index is 0.00000242. The third-order valence-electron chi connectivity index (χ3n) is 3.91. The van der Waals surface area contributed by atoms with E-state index >= 15 is 0 Å². The molecule has 0 saturated heterocycles. The molecule has 1 aliphatic rings. The van der Waals surface area contributed by atoms with Crippen LogP contribution in [0.1, 0.15) is 33.1 Å². The van der Waals surface area contributed by atoms with E-state index in [1.165, 1.54) is 0 Å². The zero-order valence-electron chi connectivity index (χ0n) is 13.0. The van der Waals surface area contributed by atoms with Crippen LogP contribution in [0.3, 0.4) is 0 Å². The number of carbonyl (C=O) groups is 2. The number of hydrogen-bond donors (Lipinski definition) is 3. The maximum atomic E-state index is 12.0. The Hall–Kier alpha value is -1.59. The summed E-state index contributed by atoms with van der Waals surface area (Å²) in [6, 6.07) is 6.62. The number of nitrogens with one attached hydrogen (secondary N) is 2. The van der Waals surface area contributed by atoms with Crippen LogP contribution >= 0.6 is 12.4 Å². The molecule has 22 heavy (non-hydrogen) atoms. The molecule has 1 aromatic carbocycles. The Morgan fingerprint density at radius 2 is 1.86 bits per heavy atom. The lowest BCUT2D eigenvalue weighted by Crippen LogP contribution is -2.40. The number of halogens is 1. The van der Waals surface area contributed by atoms with E-state index in [4.69, 9.17) is 5.73 Å². The molecule has 0 heterocycles. The first kappa shape index (κ1) is 18.5. The lowest BCUT2D eigenvalue weighted by molar-refractivity contribution is -0.118. The van der Waals surface area contributed by atoms with Crippen LogP contribution in [0.4, 0.5) is 11.4 Å². The van der Waals surface area contributed by atoms with Gasteiger partial charge in [0.1, 0.15) is 0 Å². The van der Waals surface area contributed by atoms with Crippen molar-refractivity contribution in [2.24, 2.45) is 17.6 Å². The van der Waals surface area contributed by atoms with Crippen molar-refractivity contribution in [2.75, 3.05) is 10.6 Å². The average molecular weight is 326 g/mol. The fourth-order valence-electron chi connectivity index (χ4n) is 2.00. The third kappa shape index (κ3) is 5.00. The number of benzene rings is 1. The molecule has 0 radical (unpaired) electrons. The second-order valence-corrected chi connectivity index (χ2v) is 5.74. The van der Waals surface area contributed by atoms with E-state index in [1.807, 2.05) is 19.9 Å². The van der Waals surface area contributed by atoms with E-state index in [-0.39, 0.29) is 36.1 Å². The largest absolute Gasteiger partial charge is 0.326 e. The summed E-state index contributed by atoms with van der Waals surface area (Å²) in [7, 11) is 0. The minimum atomic E-state index is -0.528. The summed E-state index contributed by atoms with van der Waals surface area (Å²) in [5.74, 6) is 0.134. The number of amides is 2. The van der Waals surface area contributed by atoms with Crippen LogP contribution in [0.15, 0.2) is 24.3 Å². The minimum absolute atomic E-state index is 0. The van der Waals surface area contributed by atoms with Gasteiger partial charge in [-0.2, -0.15) is 0 Å². The fraction of sp³-hybridized carbons (Fsp3) is 0.500. The quantitative estimate of drug-likeness (QED) is 0.752. The van der Waals surface area contributed by atoms with Crippen molar-refractivity contribution in [1.29, 1.82) is 0 Å². The van der Waals surface area contributed by atoms with Crippen molar-refractivity contribution < 1.29 is 9.59 Å². The van der Waals surface area contributed by atoms with E-state index < -0.39 is 6.04 Å². The zero-order valence-corrected chi connectivity index (χ0v) is 13.8. The third-order valence-corrected chi connectivity index (χ3v) is 3.91. The highest BCUT2D eigenvalue weighted by Crippen LogP contribution is 2.30. The van der Waals surface area contributed by atoms with E-state index in [1.54, 1.807) is 18.2 Å². The van der Waals surface area contributed by atoms with Crippen molar-refractivity contribution in [1.82, 2.24) is 0 Å². The Labute approximate surface area is 137 Å². The molecule has 1 fully saturated rings. The molecule has 0 aliphatic heterocycles. The van der Waals surface area contributed by atoms with Gasteiger partial charge in [-0.1, -0.05) is 26.3 Å². The van der Waals surface area contributed by atoms with Gasteiger partial charge in [0.2, 0.25) is 11.8 Å². The standard InChI is InChI=1S/C16H23N3O2.ClH/c1-3-10(2)14(17)16(21)19-13-6-4-5-12(9-13)18-15(20)11-7-8-11;/h4-6,9-11,14H,3,7-8,17H2,1-2H3,(H,18,20)(H,19,21);1H. The average Bonchev–Trinajstić information content (AvgIpc) is 3.30. The van der Waals surface area contributed by atoms with Gasteiger partial charge in [-0.15, -0.1) is 12.4 Å². The minimum Gasteiger partial charge on any atom is -0.326 e. The van der Waals surface area contributed by atoms with Crippen molar-refractivity contribution in [2.45, 2.75) is 39.2 Å². The Kier molecular flexibility index (Phi) is 6.84. The zero-order chi connectivity index (χ0) is 15.4. The number of rotatable bonds is 6. The summed E-state index contributed by atoms with van der Waals surface area (Å²) >= 11 is 0. The second kappa shape index (κ2) is 8.15. The predicted molar refractivity (Wildman–Crippen MR) is 91.1 cm³/mol. The van der Waals surface area contributed by atoms with Gasteiger partial charge >= 0.3 is 0 Å². The van der Waals surface area contributed by atoms with Gasteiger partial charge in [-0.3, -0.25) is 9.59 Å². The maximum Gasteiger partial charge on any atom is 0.241 e. The summed E-state index contributed by atoms with van der Waals surface area (Å²) in [6.07, 6.45) is 2.78. The van der Waals surface area contributed by atoms with Crippen LogP contribution < -0.4 is 16.4 Å². The first-order chi connectivity index (χ1) is 10.0. The Bertz CT molecular complexity index is 532. The highest BCUT2D eigenvalue weighted by molar-refractivity contribution is 5.97. The summed E-state index contributed by atoms with van der Waals surface area (Å²) in [5, 5.41) is 5.66. The molecular formula is C16H24ClN3O2. The molecule has 0 bridgehead atoms. The van der Waals surface area contributed by atoms with Crippen molar-refractivity contribution >= 4 is 35.6 Å². The predicted octanol–water partition coefficient (Wildman–Crippen LogP) is 2.77. The Morgan fingerprint density at radius 3 is 2.41 bits per heavy atom. The second-order valence-electron chi connectivity index (χ2n) is 5.74. The maximum absolute atomic E-state index is 12.0. The van der Waals surface area contributed by atoms with Crippen LogP contribution in [-0.4, -0.2) is 17.9 Å². The SMILES string of the molecule is CCC(C)C(N)C(=O)Nc1cccc(NC(=O)C2CC2)c1.Cl. The monoisotopic (exact) mass is 325 g/mol. The lowest BCUT2D eigenvalue weighted by atomic mass is 9.99. The van der Waals surface area contributed by atoms with Crippen molar-refractivity contribution in [3.63, 3.8) is 0 Å². The highest BCUT2D eigenvalue weighted by Gasteiger charge is 2.29. The molecule has 1 saturated carbocycles. The lowest BCUT2D eigenvalue weighted by Gasteiger charge is -2.18. The summed E-state index contributed by atoms with van der Waals surface area (Å²) in [5.41, 5.74) is 7.25. The molecule has 0 aromatic heterocycles. The highest BCUT2D eigenvalue weighted by atomic mass is 35.5. The molecule has 5 nitrogen and oxygen atoms in total. The molecule has 2 amide bonds. The molecule has 2 atom stereocenters. The van der Waals surface area contributed by atoms with Crippen LogP contribution in [0.2, 0.25) is 0 Å². The van der Waals surface area contributed by atoms with Gasteiger partial charge in [-0.25, -0.2) is 0 Å². The summed E-state index contributed by atoms with van der Waals surface area (Å²) < 4.78 is 0. The molecular weight excluding hydrogens is 302 g/mol. The number of anilines is 2. The molecule has 1 aliphatic carbocycles. The van der Waals surface area contributed by atoms with Crippen molar-refractivity contribution in [3.05, 3.63) is 24.3 Å². The first-order valence-electron chi connectivity index (χ1n) is 7.48. The normalized spacial score (nSPS) is 16.1.